The Morgan fingerprint density at radius 1 is 1.20 bits per heavy atom. The Hall–Kier alpha value is -2.69. The summed E-state index contributed by atoms with van der Waals surface area (Å²) in [5.74, 6) is -0.589. The first-order chi connectivity index (χ1) is 9.69. The fraction of sp³-hybridized carbons (Fsp3) is 0.0667. The third-order valence-electron chi connectivity index (χ3n) is 2.51. The van der Waals surface area contributed by atoms with Gasteiger partial charge in [-0.2, -0.15) is 0 Å². The molecule has 0 unspecified atom stereocenters. The second-order valence-electron chi connectivity index (χ2n) is 4.01. The zero-order valence-electron chi connectivity index (χ0n) is 10.5. The third-order valence-corrected chi connectivity index (χ3v) is 2.51. The quantitative estimate of drug-likeness (QED) is 0.852. The largest absolute Gasteiger partial charge is 0.484 e. The van der Waals surface area contributed by atoms with Crippen LogP contribution in [-0.2, 0) is 4.79 Å². The number of hydrogen-bond donors (Lipinski definition) is 1. The molecule has 2 rings (SSSR count). The van der Waals surface area contributed by atoms with Crippen molar-refractivity contribution in [2.75, 3.05) is 11.9 Å². The Balaban J connectivity index is 1.92. The summed E-state index contributed by atoms with van der Waals surface area (Å²) >= 11 is 0. The summed E-state index contributed by atoms with van der Waals surface area (Å²) in [5.41, 5.74) is 0.555. The van der Waals surface area contributed by atoms with Crippen molar-refractivity contribution >= 4 is 17.9 Å². The molecule has 2 aromatic rings. The number of para-hydroxylation sites is 1. The SMILES string of the molecule is O=Cc1cccc(OCC(=O)Nc2ccccc2F)c1. The lowest BCUT2D eigenvalue weighted by atomic mass is 10.2. The van der Waals surface area contributed by atoms with E-state index < -0.39 is 11.7 Å². The number of carbonyl (C=O) groups is 2. The van der Waals surface area contributed by atoms with Crippen molar-refractivity contribution in [1.82, 2.24) is 0 Å². The second kappa shape index (κ2) is 6.47. The lowest BCUT2D eigenvalue weighted by molar-refractivity contribution is -0.118. The van der Waals surface area contributed by atoms with Gasteiger partial charge < -0.3 is 10.1 Å². The summed E-state index contributed by atoms with van der Waals surface area (Å²) in [6, 6.07) is 12.3. The molecule has 0 aliphatic carbocycles. The van der Waals surface area contributed by atoms with E-state index in [1.165, 1.54) is 24.3 Å². The fourth-order valence-corrected chi connectivity index (χ4v) is 1.58. The highest BCUT2D eigenvalue weighted by atomic mass is 19.1. The van der Waals surface area contributed by atoms with Gasteiger partial charge in [0.2, 0.25) is 0 Å². The number of rotatable bonds is 5. The zero-order valence-corrected chi connectivity index (χ0v) is 10.5. The van der Waals surface area contributed by atoms with Gasteiger partial charge in [0, 0.05) is 5.56 Å². The Bertz CT molecular complexity index is 628. The van der Waals surface area contributed by atoms with E-state index in [2.05, 4.69) is 5.32 Å². The Morgan fingerprint density at radius 3 is 2.75 bits per heavy atom. The highest BCUT2D eigenvalue weighted by molar-refractivity contribution is 5.92. The molecule has 0 heterocycles. The van der Waals surface area contributed by atoms with E-state index in [9.17, 15) is 14.0 Å². The van der Waals surface area contributed by atoms with Crippen molar-refractivity contribution in [2.24, 2.45) is 0 Å². The van der Waals surface area contributed by atoms with Gasteiger partial charge in [0.05, 0.1) is 5.69 Å². The van der Waals surface area contributed by atoms with E-state index in [0.717, 1.165) is 0 Å². The fourth-order valence-electron chi connectivity index (χ4n) is 1.58. The summed E-state index contributed by atoms with van der Waals surface area (Å²) in [6.45, 7) is -0.267. The molecule has 5 heteroatoms. The van der Waals surface area contributed by atoms with Gasteiger partial charge in [-0.3, -0.25) is 9.59 Å². The average molecular weight is 273 g/mol. The van der Waals surface area contributed by atoms with Crippen molar-refractivity contribution in [3.8, 4) is 5.75 Å². The molecule has 20 heavy (non-hydrogen) atoms. The Labute approximate surface area is 115 Å². The minimum Gasteiger partial charge on any atom is -0.484 e. The first-order valence-electron chi connectivity index (χ1n) is 5.91. The lowest BCUT2D eigenvalue weighted by Crippen LogP contribution is -2.20. The molecule has 4 nitrogen and oxygen atoms in total. The monoisotopic (exact) mass is 273 g/mol. The van der Waals surface area contributed by atoms with Crippen LogP contribution >= 0.6 is 0 Å². The molecule has 0 radical (unpaired) electrons. The van der Waals surface area contributed by atoms with Crippen LogP contribution in [0.25, 0.3) is 0 Å². The van der Waals surface area contributed by atoms with Crippen molar-refractivity contribution in [3.05, 3.63) is 59.9 Å². The smallest absolute Gasteiger partial charge is 0.262 e. The third kappa shape index (κ3) is 3.65. The Morgan fingerprint density at radius 2 is 2.00 bits per heavy atom. The van der Waals surface area contributed by atoms with Crippen LogP contribution in [0.15, 0.2) is 48.5 Å². The van der Waals surface area contributed by atoms with E-state index in [1.54, 1.807) is 24.3 Å². The average Bonchev–Trinajstić information content (AvgIpc) is 2.48. The van der Waals surface area contributed by atoms with E-state index in [0.29, 0.717) is 17.6 Å². The molecule has 0 bridgehead atoms. The minimum absolute atomic E-state index is 0.0998. The summed E-state index contributed by atoms with van der Waals surface area (Å²) in [4.78, 5) is 22.2. The lowest BCUT2D eigenvalue weighted by Gasteiger charge is -2.08. The molecule has 2 aromatic carbocycles. The number of hydrogen-bond acceptors (Lipinski definition) is 3. The van der Waals surface area contributed by atoms with Gasteiger partial charge in [-0.15, -0.1) is 0 Å². The summed E-state index contributed by atoms with van der Waals surface area (Å²) in [6.07, 6.45) is 0.687. The minimum atomic E-state index is -0.510. The van der Waals surface area contributed by atoms with Gasteiger partial charge in [0.15, 0.2) is 6.61 Å². The summed E-state index contributed by atoms with van der Waals surface area (Å²) in [7, 11) is 0. The maximum Gasteiger partial charge on any atom is 0.262 e. The molecule has 0 saturated carbocycles. The van der Waals surface area contributed by atoms with Gasteiger partial charge in [0.1, 0.15) is 17.9 Å². The molecule has 0 saturated heterocycles. The Kier molecular flexibility index (Phi) is 4.44. The van der Waals surface area contributed by atoms with Crippen molar-refractivity contribution in [3.63, 3.8) is 0 Å². The maximum atomic E-state index is 13.3. The number of aldehydes is 1. The number of ether oxygens (including phenoxy) is 1. The highest BCUT2D eigenvalue weighted by Gasteiger charge is 2.07. The van der Waals surface area contributed by atoms with Crippen LogP contribution in [-0.4, -0.2) is 18.8 Å². The van der Waals surface area contributed by atoms with Crippen LogP contribution in [0.1, 0.15) is 10.4 Å². The molecular formula is C15H12FNO3. The summed E-state index contributed by atoms with van der Waals surface area (Å²) in [5, 5.41) is 2.40. The number of carbonyl (C=O) groups excluding carboxylic acids is 2. The normalized spacial score (nSPS) is 9.85. The van der Waals surface area contributed by atoms with Crippen LogP contribution in [0.4, 0.5) is 10.1 Å². The number of anilines is 1. The van der Waals surface area contributed by atoms with Crippen molar-refractivity contribution in [2.45, 2.75) is 0 Å². The number of amides is 1. The predicted octanol–water partition coefficient (Wildman–Crippen LogP) is 2.66. The number of benzene rings is 2. The van der Waals surface area contributed by atoms with E-state index in [-0.39, 0.29) is 12.3 Å². The molecule has 102 valence electrons. The van der Waals surface area contributed by atoms with E-state index >= 15 is 0 Å². The van der Waals surface area contributed by atoms with Gasteiger partial charge in [0.25, 0.3) is 5.91 Å². The molecule has 0 aliphatic heterocycles. The van der Waals surface area contributed by atoms with Crippen molar-refractivity contribution in [1.29, 1.82) is 0 Å². The van der Waals surface area contributed by atoms with Crippen molar-refractivity contribution < 1.29 is 18.7 Å². The molecule has 0 fully saturated rings. The molecule has 0 aliphatic rings. The van der Waals surface area contributed by atoms with Gasteiger partial charge in [-0.05, 0) is 24.3 Å². The molecule has 0 atom stereocenters. The van der Waals surface area contributed by atoms with Crippen LogP contribution in [0.5, 0.6) is 5.75 Å². The molecule has 1 N–H and O–H groups in total. The summed E-state index contributed by atoms with van der Waals surface area (Å²) < 4.78 is 18.5. The standard InChI is InChI=1S/C15H12FNO3/c16-13-6-1-2-7-14(13)17-15(19)10-20-12-5-3-4-11(8-12)9-18/h1-9H,10H2,(H,17,19). The van der Waals surface area contributed by atoms with E-state index in [1.807, 2.05) is 0 Å². The molecule has 1 amide bonds. The number of halogens is 1. The molecular weight excluding hydrogens is 261 g/mol. The predicted molar refractivity (Wildman–Crippen MR) is 72.4 cm³/mol. The highest BCUT2D eigenvalue weighted by Crippen LogP contribution is 2.14. The zero-order chi connectivity index (χ0) is 14.4. The van der Waals surface area contributed by atoms with Gasteiger partial charge >= 0.3 is 0 Å². The van der Waals surface area contributed by atoms with Gasteiger partial charge in [-0.25, -0.2) is 4.39 Å². The first-order valence-corrected chi connectivity index (χ1v) is 5.91. The van der Waals surface area contributed by atoms with Crippen LogP contribution in [0, 0.1) is 5.82 Å². The van der Waals surface area contributed by atoms with E-state index in [4.69, 9.17) is 4.74 Å². The number of nitrogens with one attached hydrogen (secondary N) is 1. The molecule has 0 aromatic heterocycles. The topological polar surface area (TPSA) is 55.4 Å². The maximum absolute atomic E-state index is 13.3. The second-order valence-corrected chi connectivity index (χ2v) is 4.01. The van der Waals surface area contributed by atoms with Crippen LogP contribution < -0.4 is 10.1 Å². The molecule has 0 spiro atoms. The van der Waals surface area contributed by atoms with Gasteiger partial charge in [-0.1, -0.05) is 24.3 Å². The first kappa shape index (κ1) is 13.7. The van der Waals surface area contributed by atoms with Crippen LogP contribution in [0.2, 0.25) is 0 Å². The van der Waals surface area contributed by atoms with Crippen LogP contribution in [0.3, 0.4) is 0 Å².